The van der Waals surface area contributed by atoms with Gasteiger partial charge in [0.1, 0.15) is 0 Å². The molecule has 6 heteroatoms. The van der Waals surface area contributed by atoms with Gasteiger partial charge < -0.3 is 4.98 Å². The molecule has 2 aromatic heterocycles. The van der Waals surface area contributed by atoms with Gasteiger partial charge in [-0.1, -0.05) is 18.2 Å². The summed E-state index contributed by atoms with van der Waals surface area (Å²) < 4.78 is 0. The summed E-state index contributed by atoms with van der Waals surface area (Å²) in [6.07, 6.45) is 4.39. The molecule has 0 atom stereocenters. The van der Waals surface area contributed by atoms with Crippen LogP contribution in [0.4, 0.5) is 4.79 Å². The SMILES string of the molecule is O=C1SC(=Cc2cccc3[nH]ccc23)C(=O)N1CCc1cccs1. The van der Waals surface area contributed by atoms with E-state index in [-0.39, 0.29) is 11.1 Å². The molecule has 1 fully saturated rings. The van der Waals surface area contributed by atoms with Gasteiger partial charge in [0.25, 0.3) is 11.1 Å². The van der Waals surface area contributed by atoms with Gasteiger partial charge in [0.15, 0.2) is 0 Å². The smallest absolute Gasteiger partial charge is 0.293 e. The maximum Gasteiger partial charge on any atom is 0.293 e. The number of imide groups is 1. The third-order valence-corrected chi connectivity index (χ3v) is 5.79. The summed E-state index contributed by atoms with van der Waals surface area (Å²) in [4.78, 5) is 30.9. The van der Waals surface area contributed by atoms with Crippen LogP contribution in [0.2, 0.25) is 0 Å². The van der Waals surface area contributed by atoms with Crippen molar-refractivity contribution < 1.29 is 9.59 Å². The molecule has 0 bridgehead atoms. The zero-order chi connectivity index (χ0) is 16.5. The molecule has 3 heterocycles. The lowest BCUT2D eigenvalue weighted by molar-refractivity contribution is -0.122. The second-order valence-electron chi connectivity index (χ2n) is 5.45. The molecule has 1 aromatic carbocycles. The number of fused-ring (bicyclic) bond motifs is 1. The monoisotopic (exact) mass is 354 g/mol. The van der Waals surface area contributed by atoms with Gasteiger partial charge in [-0.3, -0.25) is 14.5 Å². The van der Waals surface area contributed by atoms with Crippen LogP contribution in [0.3, 0.4) is 0 Å². The number of aromatic amines is 1. The number of benzene rings is 1. The fraction of sp³-hybridized carbons (Fsp3) is 0.111. The topological polar surface area (TPSA) is 53.2 Å². The van der Waals surface area contributed by atoms with Crippen molar-refractivity contribution in [2.24, 2.45) is 0 Å². The number of H-pyrrole nitrogens is 1. The number of hydrogen-bond acceptors (Lipinski definition) is 4. The van der Waals surface area contributed by atoms with E-state index >= 15 is 0 Å². The average molecular weight is 354 g/mol. The first-order valence-corrected chi connectivity index (χ1v) is 9.26. The van der Waals surface area contributed by atoms with E-state index in [1.807, 2.05) is 54.1 Å². The van der Waals surface area contributed by atoms with Crippen LogP contribution >= 0.6 is 23.1 Å². The van der Waals surface area contributed by atoms with Crippen LogP contribution < -0.4 is 0 Å². The Morgan fingerprint density at radius 2 is 2.04 bits per heavy atom. The van der Waals surface area contributed by atoms with Crippen molar-refractivity contribution in [1.29, 1.82) is 0 Å². The Morgan fingerprint density at radius 1 is 1.12 bits per heavy atom. The fourth-order valence-electron chi connectivity index (χ4n) is 2.75. The van der Waals surface area contributed by atoms with E-state index < -0.39 is 0 Å². The second kappa shape index (κ2) is 6.30. The summed E-state index contributed by atoms with van der Waals surface area (Å²) in [7, 11) is 0. The van der Waals surface area contributed by atoms with Gasteiger partial charge in [-0.2, -0.15) is 0 Å². The van der Waals surface area contributed by atoms with E-state index in [0.29, 0.717) is 17.9 Å². The Balaban J connectivity index is 1.57. The number of thioether (sulfide) groups is 1. The number of hydrogen-bond donors (Lipinski definition) is 1. The molecule has 0 saturated carbocycles. The quantitative estimate of drug-likeness (QED) is 0.702. The molecule has 0 aliphatic carbocycles. The summed E-state index contributed by atoms with van der Waals surface area (Å²) in [5.41, 5.74) is 1.96. The van der Waals surface area contributed by atoms with Crippen molar-refractivity contribution in [1.82, 2.24) is 9.88 Å². The Morgan fingerprint density at radius 3 is 2.88 bits per heavy atom. The minimum atomic E-state index is -0.200. The van der Waals surface area contributed by atoms with Crippen LogP contribution in [0.25, 0.3) is 17.0 Å². The Bertz CT molecular complexity index is 941. The van der Waals surface area contributed by atoms with Crippen LogP contribution in [0.5, 0.6) is 0 Å². The van der Waals surface area contributed by atoms with Crippen LogP contribution in [0.15, 0.2) is 52.9 Å². The van der Waals surface area contributed by atoms with Gasteiger partial charge >= 0.3 is 0 Å². The maximum absolute atomic E-state index is 12.6. The van der Waals surface area contributed by atoms with Gasteiger partial charge in [-0.15, -0.1) is 11.3 Å². The van der Waals surface area contributed by atoms with Crippen LogP contribution in [0, 0.1) is 0 Å². The molecule has 0 unspecified atom stereocenters. The minimum Gasteiger partial charge on any atom is -0.361 e. The van der Waals surface area contributed by atoms with Gasteiger partial charge in [-0.05, 0) is 53.4 Å². The standard InChI is InChI=1S/C18H14N2O2S2/c21-17-16(11-12-3-1-5-15-14(12)6-8-19-15)24-18(22)20(17)9-7-13-4-2-10-23-13/h1-6,8,10-11,19H,7,9H2. The Hall–Kier alpha value is -2.31. The first-order chi connectivity index (χ1) is 11.7. The molecule has 120 valence electrons. The van der Waals surface area contributed by atoms with Crippen LogP contribution in [0.1, 0.15) is 10.4 Å². The summed E-state index contributed by atoms with van der Waals surface area (Å²) in [6, 6.07) is 11.8. The molecule has 3 aromatic rings. The highest BCUT2D eigenvalue weighted by atomic mass is 32.2. The highest BCUT2D eigenvalue weighted by Crippen LogP contribution is 2.33. The summed E-state index contributed by atoms with van der Waals surface area (Å²) >= 11 is 2.66. The fourth-order valence-corrected chi connectivity index (χ4v) is 4.30. The molecular formula is C18H14N2O2S2. The van der Waals surface area contributed by atoms with Crippen LogP contribution in [-0.2, 0) is 11.2 Å². The van der Waals surface area contributed by atoms with Crippen molar-refractivity contribution in [3.8, 4) is 0 Å². The third-order valence-electron chi connectivity index (χ3n) is 3.95. The van der Waals surface area contributed by atoms with Gasteiger partial charge in [0, 0.05) is 28.5 Å². The molecule has 4 nitrogen and oxygen atoms in total. The van der Waals surface area contributed by atoms with E-state index in [2.05, 4.69) is 4.98 Å². The summed E-state index contributed by atoms with van der Waals surface area (Å²) in [5, 5.41) is 2.85. The Labute approximate surface area is 147 Å². The predicted molar refractivity (Wildman–Crippen MR) is 99.0 cm³/mol. The lowest BCUT2D eigenvalue weighted by atomic mass is 10.1. The molecule has 0 spiro atoms. The normalized spacial score (nSPS) is 16.7. The molecule has 4 rings (SSSR count). The van der Waals surface area contributed by atoms with E-state index in [0.717, 1.165) is 28.2 Å². The molecule has 1 saturated heterocycles. The van der Waals surface area contributed by atoms with Crippen molar-refractivity contribution in [3.05, 3.63) is 63.3 Å². The molecule has 1 aliphatic heterocycles. The average Bonchev–Trinajstić information content (AvgIpc) is 3.29. The highest BCUT2D eigenvalue weighted by molar-refractivity contribution is 8.18. The van der Waals surface area contributed by atoms with E-state index in [9.17, 15) is 9.59 Å². The van der Waals surface area contributed by atoms with E-state index in [4.69, 9.17) is 0 Å². The van der Waals surface area contributed by atoms with Crippen molar-refractivity contribution in [2.75, 3.05) is 6.54 Å². The molecule has 24 heavy (non-hydrogen) atoms. The third kappa shape index (κ3) is 2.79. The van der Waals surface area contributed by atoms with Gasteiger partial charge in [0.05, 0.1) is 4.91 Å². The van der Waals surface area contributed by atoms with Gasteiger partial charge in [-0.25, -0.2) is 0 Å². The number of rotatable bonds is 4. The van der Waals surface area contributed by atoms with Crippen molar-refractivity contribution >= 4 is 51.2 Å². The molecule has 1 N–H and O–H groups in total. The van der Waals surface area contributed by atoms with E-state index in [1.165, 1.54) is 9.78 Å². The summed E-state index contributed by atoms with van der Waals surface area (Å²) in [5.74, 6) is -0.200. The summed E-state index contributed by atoms with van der Waals surface area (Å²) in [6.45, 7) is 0.427. The number of amides is 2. The lowest BCUT2D eigenvalue weighted by Gasteiger charge is -2.11. The van der Waals surface area contributed by atoms with Crippen molar-refractivity contribution in [3.63, 3.8) is 0 Å². The molecule has 1 aliphatic rings. The lowest BCUT2D eigenvalue weighted by Crippen LogP contribution is -2.30. The predicted octanol–water partition coefficient (Wildman–Crippen LogP) is 4.51. The first kappa shape index (κ1) is 15.2. The zero-order valence-electron chi connectivity index (χ0n) is 12.7. The Kier molecular flexibility index (Phi) is 4.00. The number of aromatic nitrogens is 1. The highest BCUT2D eigenvalue weighted by Gasteiger charge is 2.34. The molecule has 2 amide bonds. The van der Waals surface area contributed by atoms with Crippen LogP contribution in [-0.4, -0.2) is 27.6 Å². The molecule has 0 radical (unpaired) electrons. The number of nitrogens with one attached hydrogen (secondary N) is 1. The number of thiophene rings is 1. The molecular weight excluding hydrogens is 340 g/mol. The van der Waals surface area contributed by atoms with E-state index in [1.54, 1.807) is 11.3 Å². The number of carbonyl (C=O) groups excluding carboxylic acids is 2. The van der Waals surface area contributed by atoms with Crippen molar-refractivity contribution in [2.45, 2.75) is 6.42 Å². The number of nitrogens with zero attached hydrogens (tertiary/aromatic N) is 1. The second-order valence-corrected chi connectivity index (χ2v) is 7.47. The first-order valence-electron chi connectivity index (χ1n) is 7.56. The zero-order valence-corrected chi connectivity index (χ0v) is 14.3. The number of carbonyl (C=O) groups is 2. The maximum atomic E-state index is 12.6. The largest absolute Gasteiger partial charge is 0.361 e. The minimum absolute atomic E-state index is 0.191. The van der Waals surface area contributed by atoms with Gasteiger partial charge in [0.2, 0.25) is 0 Å².